The standard InChI is InChI=1S/C13H17FN2O/c1-15(2)8-9-16-12(17)7-6-10-4-3-5-11(14)13(10)16/h3-5H,6-9H2,1-2H3. The number of hydrogen-bond donors (Lipinski definition) is 0. The highest BCUT2D eigenvalue weighted by Gasteiger charge is 2.26. The topological polar surface area (TPSA) is 23.6 Å². The largest absolute Gasteiger partial charge is 0.308 e. The Morgan fingerprint density at radius 2 is 2.12 bits per heavy atom. The second-order valence-electron chi connectivity index (χ2n) is 4.60. The van der Waals surface area contributed by atoms with Gasteiger partial charge >= 0.3 is 0 Å². The maximum atomic E-state index is 13.8. The molecule has 17 heavy (non-hydrogen) atoms. The third-order valence-electron chi connectivity index (χ3n) is 3.02. The van der Waals surface area contributed by atoms with Crippen LogP contribution in [0.15, 0.2) is 18.2 Å². The summed E-state index contributed by atoms with van der Waals surface area (Å²) in [5.74, 6) is -0.279. The zero-order valence-electron chi connectivity index (χ0n) is 10.2. The molecule has 92 valence electrons. The SMILES string of the molecule is CN(C)CCN1C(=O)CCc2cccc(F)c21. The van der Waals surface area contributed by atoms with Gasteiger partial charge in [0, 0.05) is 19.5 Å². The van der Waals surface area contributed by atoms with E-state index in [1.807, 2.05) is 25.1 Å². The Labute approximate surface area is 101 Å². The van der Waals surface area contributed by atoms with Crippen LogP contribution in [0, 0.1) is 5.82 Å². The third kappa shape index (κ3) is 2.47. The minimum absolute atomic E-state index is 0.0180. The molecule has 1 aromatic rings. The van der Waals surface area contributed by atoms with Crippen molar-refractivity contribution in [2.45, 2.75) is 12.8 Å². The third-order valence-corrected chi connectivity index (χ3v) is 3.02. The van der Waals surface area contributed by atoms with Crippen molar-refractivity contribution in [3.63, 3.8) is 0 Å². The summed E-state index contributed by atoms with van der Waals surface area (Å²) in [6.07, 6.45) is 1.12. The van der Waals surface area contributed by atoms with Gasteiger partial charge < -0.3 is 9.80 Å². The van der Waals surface area contributed by atoms with Crippen LogP contribution in [0.3, 0.4) is 0 Å². The average Bonchev–Trinajstić information content (AvgIpc) is 2.28. The Kier molecular flexibility index (Phi) is 3.43. The van der Waals surface area contributed by atoms with Gasteiger partial charge in [-0.1, -0.05) is 12.1 Å². The molecule has 0 bridgehead atoms. The molecule has 0 atom stereocenters. The molecule has 1 heterocycles. The first-order valence-corrected chi connectivity index (χ1v) is 5.82. The first-order chi connectivity index (χ1) is 8.09. The Morgan fingerprint density at radius 3 is 2.82 bits per heavy atom. The number of halogens is 1. The molecule has 0 saturated carbocycles. The first-order valence-electron chi connectivity index (χ1n) is 5.82. The predicted molar refractivity (Wildman–Crippen MR) is 65.6 cm³/mol. The van der Waals surface area contributed by atoms with Crippen LogP contribution < -0.4 is 4.90 Å². The average molecular weight is 236 g/mol. The molecule has 1 aliphatic rings. The zero-order valence-corrected chi connectivity index (χ0v) is 10.2. The fourth-order valence-electron chi connectivity index (χ4n) is 2.10. The Balaban J connectivity index is 2.29. The molecule has 4 heteroatoms. The number of aryl methyl sites for hydroxylation is 1. The summed E-state index contributed by atoms with van der Waals surface area (Å²) in [6, 6.07) is 5.02. The maximum Gasteiger partial charge on any atom is 0.227 e. The van der Waals surface area contributed by atoms with Gasteiger partial charge in [0.2, 0.25) is 5.91 Å². The highest BCUT2D eigenvalue weighted by Crippen LogP contribution is 2.30. The lowest BCUT2D eigenvalue weighted by Crippen LogP contribution is -2.40. The first kappa shape index (κ1) is 12.0. The number of rotatable bonds is 3. The summed E-state index contributed by atoms with van der Waals surface area (Å²) in [4.78, 5) is 15.4. The summed E-state index contributed by atoms with van der Waals surface area (Å²) in [7, 11) is 3.88. The van der Waals surface area contributed by atoms with Crippen molar-refractivity contribution in [3.8, 4) is 0 Å². The molecule has 1 aliphatic heterocycles. The van der Waals surface area contributed by atoms with E-state index in [2.05, 4.69) is 0 Å². The van der Waals surface area contributed by atoms with E-state index in [1.165, 1.54) is 6.07 Å². The second-order valence-corrected chi connectivity index (χ2v) is 4.60. The number of amides is 1. The van der Waals surface area contributed by atoms with Crippen molar-refractivity contribution in [2.75, 3.05) is 32.1 Å². The number of benzene rings is 1. The second kappa shape index (κ2) is 4.84. The Hall–Kier alpha value is -1.42. The van der Waals surface area contributed by atoms with E-state index in [4.69, 9.17) is 0 Å². The van der Waals surface area contributed by atoms with E-state index in [9.17, 15) is 9.18 Å². The normalized spacial score (nSPS) is 15.3. The van der Waals surface area contributed by atoms with E-state index in [0.29, 0.717) is 25.1 Å². The summed E-state index contributed by atoms with van der Waals surface area (Å²) < 4.78 is 13.8. The van der Waals surface area contributed by atoms with Crippen molar-refractivity contribution in [1.82, 2.24) is 4.90 Å². The fourth-order valence-corrected chi connectivity index (χ4v) is 2.10. The molecule has 1 amide bonds. The van der Waals surface area contributed by atoms with Gasteiger partial charge in [0.15, 0.2) is 0 Å². The van der Waals surface area contributed by atoms with Gasteiger partial charge in [0.1, 0.15) is 5.82 Å². The van der Waals surface area contributed by atoms with Crippen LogP contribution in [0.1, 0.15) is 12.0 Å². The number of para-hydroxylation sites is 1. The molecule has 1 aromatic carbocycles. The summed E-state index contributed by atoms with van der Waals surface area (Å²) in [6.45, 7) is 1.28. The van der Waals surface area contributed by atoms with Crippen molar-refractivity contribution < 1.29 is 9.18 Å². The fraction of sp³-hybridized carbons (Fsp3) is 0.462. The molecule has 0 spiro atoms. The molecular formula is C13H17FN2O. The Bertz CT molecular complexity index is 431. The number of anilines is 1. The molecule has 0 unspecified atom stereocenters. The van der Waals surface area contributed by atoms with E-state index < -0.39 is 0 Å². The molecule has 0 aliphatic carbocycles. The summed E-state index contributed by atoms with van der Waals surface area (Å²) in [5, 5.41) is 0. The van der Waals surface area contributed by atoms with Crippen molar-refractivity contribution in [2.24, 2.45) is 0 Å². The van der Waals surface area contributed by atoms with Gasteiger partial charge in [-0.05, 0) is 32.1 Å². The van der Waals surface area contributed by atoms with Crippen LogP contribution in [-0.2, 0) is 11.2 Å². The number of hydrogen-bond acceptors (Lipinski definition) is 2. The Morgan fingerprint density at radius 1 is 1.35 bits per heavy atom. The zero-order chi connectivity index (χ0) is 12.4. The molecule has 0 aromatic heterocycles. The van der Waals surface area contributed by atoms with Gasteiger partial charge in [0.25, 0.3) is 0 Å². The van der Waals surface area contributed by atoms with Gasteiger partial charge in [0.05, 0.1) is 5.69 Å². The lowest BCUT2D eigenvalue weighted by molar-refractivity contribution is -0.119. The van der Waals surface area contributed by atoms with Crippen LogP contribution in [-0.4, -0.2) is 38.0 Å². The van der Waals surface area contributed by atoms with E-state index in [-0.39, 0.29) is 11.7 Å². The van der Waals surface area contributed by atoms with Crippen LogP contribution in [0.5, 0.6) is 0 Å². The van der Waals surface area contributed by atoms with E-state index in [1.54, 1.807) is 11.0 Å². The maximum absolute atomic E-state index is 13.8. The minimum atomic E-state index is -0.297. The molecule has 0 saturated heterocycles. The smallest absolute Gasteiger partial charge is 0.227 e. The highest BCUT2D eigenvalue weighted by atomic mass is 19.1. The van der Waals surface area contributed by atoms with Crippen LogP contribution in [0.4, 0.5) is 10.1 Å². The number of fused-ring (bicyclic) bond motifs is 1. The summed E-state index contributed by atoms with van der Waals surface area (Å²) >= 11 is 0. The van der Waals surface area contributed by atoms with Crippen LogP contribution in [0.2, 0.25) is 0 Å². The van der Waals surface area contributed by atoms with Crippen molar-refractivity contribution in [3.05, 3.63) is 29.6 Å². The van der Waals surface area contributed by atoms with Gasteiger partial charge in [-0.3, -0.25) is 4.79 Å². The molecule has 0 radical (unpaired) electrons. The number of nitrogens with zero attached hydrogens (tertiary/aromatic N) is 2. The molecule has 2 rings (SSSR count). The highest BCUT2D eigenvalue weighted by molar-refractivity contribution is 5.96. The van der Waals surface area contributed by atoms with Crippen LogP contribution >= 0.6 is 0 Å². The van der Waals surface area contributed by atoms with E-state index >= 15 is 0 Å². The minimum Gasteiger partial charge on any atom is -0.308 e. The van der Waals surface area contributed by atoms with E-state index in [0.717, 1.165) is 12.1 Å². The number of carbonyl (C=O) groups excluding carboxylic acids is 1. The lowest BCUT2D eigenvalue weighted by Gasteiger charge is -2.30. The monoisotopic (exact) mass is 236 g/mol. The lowest BCUT2D eigenvalue weighted by atomic mass is 10.0. The molecule has 3 nitrogen and oxygen atoms in total. The van der Waals surface area contributed by atoms with Gasteiger partial charge in [-0.25, -0.2) is 4.39 Å². The van der Waals surface area contributed by atoms with Gasteiger partial charge in [-0.15, -0.1) is 0 Å². The van der Waals surface area contributed by atoms with Crippen molar-refractivity contribution >= 4 is 11.6 Å². The number of carbonyl (C=O) groups is 1. The predicted octanol–water partition coefficient (Wildman–Crippen LogP) is 1.67. The van der Waals surface area contributed by atoms with Crippen molar-refractivity contribution in [1.29, 1.82) is 0 Å². The molecule has 0 fully saturated rings. The number of likely N-dealkylation sites (N-methyl/N-ethyl adjacent to an activating group) is 1. The molecule has 0 N–H and O–H groups in total. The van der Waals surface area contributed by atoms with Crippen LogP contribution in [0.25, 0.3) is 0 Å². The molecular weight excluding hydrogens is 219 g/mol. The summed E-state index contributed by atoms with van der Waals surface area (Å²) in [5.41, 5.74) is 1.41. The quantitative estimate of drug-likeness (QED) is 0.797. The van der Waals surface area contributed by atoms with Gasteiger partial charge in [-0.2, -0.15) is 0 Å².